The minimum atomic E-state index is 0.312. The zero-order chi connectivity index (χ0) is 20.9. The lowest BCUT2D eigenvalue weighted by atomic mass is 9.85. The molecule has 29 heavy (non-hydrogen) atoms. The van der Waals surface area contributed by atoms with Gasteiger partial charge < -0.3 is 14.7 Å². The normalized spacial score (nSPS) is 14.3. The van der Waals surface area contributed by atoms with Crippen molar-refractivity contribution in [1.82, 2.24) is 0 Å². The summed E-state index contributed by atoms with van der Waals surface area (Å²) in [6.07, 6.45) is 11.1. The summed E-state index contributed by atoms with van der Waals surface area (Å²) in [5.41, 5.74) is 12.8. The lowest BCUT2D eigenvalue weighted by molar-refractivity contribution is 0.996. The molecule has 152 valence electrons. The molecule has 0 spiro atoms. The van der Waals surface area contributed by atoms with Gasteiger partial charge in [0.05, 0.1) is 17.1 Å². The van der Waals surface area contributed by atoms with Crippen LogP contribution in [0.15, 0.2) is 42.5 Å². The van der Waals surface area contributed by atoms with Crippen molar-refractivity contribution in [3.8, 4) is 11.1 Å². The summed E-state index contributed by atoms with van der Waals surface area (Å²) in [6.45, 7) is 2.27. The molecule has 2 aromatic rings. The quantitative estimate of drug-likeness (QED) is 0.594. The summed E-state index contributed by atoms with van der Waals surface area (Å²) in [7, 11) is 13.1. The molecule has 0 saturated heterocycles. The van der Waals surface area contributed by atoms with E-state index in [-0.39, 0.29) is 0 Å². The van der Waals surface area contributed by atoms with Crippen LogP contribution in [0.3, 0.4) is 0 Å². The lowest BCUT2D eigenvalue weighted by Crippen LogP contribution is -2.24. The number of nitrogens with zero attached hydrogens (tertiary/aromatic N) is 3. The van der Waals surface area contributed by atoms with Crippen molar-refractivity contribution in [2.24, 2.45) is 0 Å². The van der Waals surface area contributed by atoms with Crippen LogP contribution < -0.4 is 14.7 Å². The molecule has 0 fully saturated rings. The van der Waals surface area contributed by atoms with Crippen molar-refractivity contribution < 1.29 is 0 Å². The van der Waals surface area contributed by atoms with Crippen LogP contribution in [-0.4, -0.2) is 42.3 Å². The van der Waals surface area contributed by atoms with Gasteiger partial charge in [-0.2, -0.15) is 0 Å². The second-order valence-corrected chi connectivity index (χ2v) is 8.77. The van der Waals surface area contributed by atoms with Crippen LogP contribution in [0.4, 0.5) is 17.1 Å². The predicted octanol–water partition coefficient (Wildman–Crippen LogP) is 5.23. The van der Waals surface area contributed by atoms with E-state index in [0.717, 1.165) is 12.8 Å². The molecule has 2 aromatic carbocycles. The van der Waals surface area contributed by atoms with E-state index < -0.39 is 0 Å². The van der Waals surface area contributed by atoms with Gasteiger partial charge in [0, 0.05) is 54.6 Å². The zero-order valence-corrected chi connectivity index (χ0v) is 18.9. The van der Waals surface area contributed by atoms with Gasteiger partial charge in [-0.15, -0.1) is 0 Å². The fraction of sp³-hybridized carbons (Fsp3) is 0.385. The van der Waals surface area contributed by atoms with E-state index in [1.54, 1.807) is 0 Å². The van der Waals surface area contributed by atoms with Crippen molar-refractivity contribution in [3.63, 3.8) is 0 Å². The summed E-state index contributed by atoms with van der Waals surface area (Å²) in [5, 5.41) is 0. The average molecular weight is 388 g/mol. The molecule has 4 rings (SSSR count). The van der Waals surface area contributed by atoms with E-state index >= 15 is 0 Å². The number of benzene rings is 2. The number of hydrogen-bond donors (Lipinski definition) is 0. The van der Waals surface area contributed by atoms with Crippen molar-refractivity contribution in [3.05, 3.63) is 64.8 Å². The van der Waals surface area contributed by atoms with Gasteiger partial charge in [-0.3, -0.25) is 0 Å². The number of hydrogen-bond acceptors (Lipinski definition) is 3. The van der Waals surface area contributed by atoms with Gasteiger partial charge in [0.1, 0.15) is 0 Å². The highest BCUT2D eigenvalue weighted by atomic mass is 15.2. The Morgan fingerprint density at radius 1 is 0.793 bits per heavy atom. The van der Waals surface area contributed by atoms with Crippen LogP contribution in [0.2, 0.25) is 0 Å². The Bertz CT molecular complexity index is 997. The summed E-state index contributed by atoms with van der Waals surface area (Å²) < 4.78 is 0. The largest absolute Gasteiger partial charge is 0.376 e. The molecule has 3 nitrogen and oxygen atoms in total. The van der Waals surface area contributed by atoms with E-state index in [2.05, 4.69) is 106 Å². The molecular weight excluding hydrogens is 354 g/mol. The van der Waals surface area contributed by atoms with Crippen molar-refractivity contribution >= 4 is 17.1 Å². The first kappa shape index (κ1) is 19.6. The molecule has 0 saturated carbocycles. The molecule has 0 atom stereocenters. The SMILES string of the molecule is CCc1cccc2c1-c1c(c(N(C)C)c(N(C)C)c(N(C)C)c1C1C=CC=C1)C2. The molecule has 0 unspecified atom stereocenters. The van der Waals surface area contributed by atoms with Gasteiger partial charge in [-0.1, -0.05) is 49.4 Å². The minimum absolute atomic E-state index is 0.312. The summed E-state index contributed by atoms with van der Waals surface area (Å²) in [4.78, 5) is 6.91. The molecule has 0 amide bonds. The van der Waals surface area contributed by atoms with E-state index in [9.17, 15) is 0 Å². The Morgan fingerprint density at radius 3 is 1.97 bits per heavy atom. The number of allylic oxidation sites excluding steroid dienone is 4. The van der Waals surface area contributed by atoms with E-state index in [1.165, 1.54) is 50.4 Å². The predicted molar refractivity (Wildman–Crippen MR) is 128 cm³/mol. The van der Waals surface area contributed by atoms with Crippen LogP contribution in [0.25, 0.3) is 11.1 Å². The number of rotatable bonds is 5. The maximum Gasteiger partial charge on any atom is 0.0842 e. The standard InChI is InChI=1S/C26H33N3/c1-8-17-14-11-15-19-16-20-23(21(17)19)22(18-12-9-10-13-18)25(28(4)5)26(29(6)7)24(20)27(2)3/h9-15,18H,8,16H2,1-7H3. The minimum Gasteiger partial charge on any atom is -0.376 e. The first-order chi connectivity index (χ1) is 13.9. The van der Waals surface area contributed by atoms with Crippen molar-refractivity contribution in [1.29, 1.82) is 0 Å². The molecule has 0 aliphatic heterocycles. The third-order valence-electron chi connectivity index (χ3n) is 6.22. The van der Waals surface area contributed by atoms with Crippen molar-refractivity contribution in [2.75, 3.05) is 57.0 Å². The first-order valence-corrected chi connectivity index (χ1v) is 10.6. The number of fused-ring (bicyclic) bond motifs is 3. The van der Waals surface area contributed by atoms with Crippen LogP contribution in [0.5, 0.6) is 0 Å². The van der Waals surface area contributed by atoms with Gasteiger partial charge in [0.2, 0.25) is 0 Å². The lowest BCUT2D eigenvalue weighted by Gasteiger charge is -2.34. The fourth-order valence-electron chi connectivity index (χ4n) is 5.15. The second-order valence-electron chi connectivity index (χ2n) is 8.77. The second kappa shape index (κ2) is 7.29. The van der Waals surface area contributed by atoms with Crippen molar-refractivity contribution in [2.45, 2.75) is 25.7 Å². The molecule has 0 bridgehead atoms. The van der Waals surface area contributed by atoms with Gasteiger partial charge in [-0.25, -0.2) is 0 Å². The fourth-order valence-corrected chi connectivity index (χ4v) is 5.15. The molecule has 3 heteroatoms. The van der Waals surface area contributed by atoms with Crippen LogP contribution >= 0.6 is 0 Å². The maximum absolute atomic E-state index is 2.34. The van der Waals surface area contributed by atoms with Gasteiger partial charge in [0.25, 0.3) is 0 Å². The monoisotopic (exact) mass is 387 g/mol. The third-order valence-corrected chi connectivity index (χ3v) is 6.22. The molecule has 2 aliphatic rings. The topological polar surface area (TPSA) is 9.72 Å². The van der Waals surface area contributed by atoms with Crippen LogP contribution in [0, 0.1) is 0 Å². The summed E-state index contributed by atoms with van der Waals surface area (Å²) in [6, 6.07) is 6.86. The Labute approximate surface area is 175 Å². The molecule has 2 aliphatic carbocycles. The van der Waals surface area contributed by atoms with E-state index in [0.29, 0.717) is 5.92 Å². The Kier molecular flexibility index (Phi) is 4.94. The summed E-state index contributed by atoms with van der Waals surface area (Å²) in [5.74, 6) is 0.312. The molecule has 0 N–H and O–H groups in total. The highest BCUT2D eigenvalue weighted by Crippen LogP contribution is 2.56. The molecule has 0 radical (unpaired) electrons. The smallest absolute Gasteiger partial charge is 0.0842 e. The summed E-state index contributed by atoms with van der Waals surface area (Å²) >= 11 is 0. The van der Waals surface area contributed by atoms with Crippen LogP contribution in [-0.2, 0) is 12.8 Å². The van der Waals surface area contributed by atoms with E-state index in [4.69, 9.17) is 0 Å². The van der Waals surface area contributed by atoms with Gasteiger partial charge in [0.15, 0.2) is 0 Å². The van der Waals surface area contributed by atoms with Crippen LogP contribution in [0.1, 0.15) is 35.1 Å². The first-order valence-electron chi connectivity index (χ1n) is 10.6. The molecule has 0 aromatic heterocycles. The zero-order valence-electron chi connectivity index (χ0n) is 18.9. The Balaban J connectivity index is 2.21. The maximum atomic E-state index is 2.34. The van der Waals surface area contributed by atoms with Gasteiger partial charge in [-0.05, 0) is 39.8 Å². The highest BCUT2D eigenvalue weighted by molar-refractivity contribution is 6.00. The third kappa shape index (κ3) is 2.95. The highest BCUT2D eigenvalue weighted by Gasteiger charge is 2.35. The number of aryl methyl sites for hydroxylation is 1. The molecular formula is C26H33N3. The Morgan fingerprint density at radius 2 is 1.41 bits per heavy atom. The average Bonchev–Trinajstić information content (AvgIpc) is 3.32. The van der Waals surface area contributed by atoms with E-state index in [1.807, 2.05) is 0 Å². The number of anilines is 3. The van der Waals surface area contributed by atoms with Gasteiger partial charge >= 0.3 is 0 Å². The Hall–Kier alpha value is -2.68. The molecule has 0 heterocycles.